The first-order valence-corrected chi connectivity index (χ1v) is 6.49. The molecule has 0 radical (unpaired) electrons. The van der Waals surface area contributed by atoms with E-state index in [0.717, 1.165) is 6.20 Å². The molecule has 0 aliphatic rings. The lowest BCUT2D eigenvalue weighted by molar-refractivity contribution is -0.385. The molecule has 0 bridgehead atoms. The van der Waals surface area contributed by atoms with Crippen LogP contribution in [0, 0.1) is 10.1 Å². The molecule has 0 saturated carbocycles. The normalized spacial score (nSPS) is 10.4. The molecule has 1 N–H and O–H groups in total. The molecule has 0 saturated heterocycles. The fraction of sp³-hybridized carbons (Fsp3) is 0. The Morgan fingerprint density at radius 1 is 1.22 bits per heavy atom. The second-order valence-corrected chi connectivity index (χ2v) is 4.60. The Balaban J connectivity index is 1.89. The van der Waals surface area contributed by atoms with Gasteiger partial charge >= 0.3 is 5.63 Å². The number of nitrogens with one attached hydrogen (secondary N) is 1. The lowest BCUT2D eigenvalue weighted by Crippen LogP contribution is -2.21. The van der Waals surface area contributed by atoms with Gasteiger partial charge in [0.25, 0.3) is 11.6 Å². The average Bonchev–Trinajstić information content (AvgIpc) is 2.54. The van der Waals surface area contributed by atoms with Crippen LogP contribution in [0.15, 0.2) is 57.9 Å². The number of fused-ring (bicyclic) bond motifs is 1. The van der Waals surface area contributed by atoms with Crippen molar-refractivity contribution in [2.75, 3.05) is 5.32 Å². The van der Waals surface area contributed by atoms with Crippen LogP contribution in [0.5, 0.6) is 0 Å². The number of rotatable bonds is 3. The number of anilines is 1. The quantitative estimate of drug-likeness (QED) is 0.451. The molecule has 0 aliphatic carbocycles. The number of hydrogen-bond acceptors (Lipinski definition) is 6. The lowest BCUT2D eigenvalue weighted by Gasteiger charge is -2.04. The second-order valence-electron chi connectivity index (χ2n) is 4.60. The Morgan fingerprint density at radius 3 is 2.70 bits per heavy atom. The smallest absolute Gasteiger partial charge is 0.349 e. The monoisotopic (exact) mass is 311 g/mol. The first-order valence-electron chi connectivity index (χ1n) is 6.49. The lowest BCUT2D eigenvalue weighted by atomic mass is 10.2. The molecule has 8 heteroatoms. The van der Waals surface area contributed by atoms with Crippen molar-refractivity contribution in [3.8, 4) is 0 Å². The highest BCUT2D eigenvalue weighted by Crippen LogP contribution is 2.15. The summed E-state index contributed by atoms with van der Waals surface area (Å²) in [6.45, 7) is 0. The van der Waals surface area contributed by atoms with Crippen LogP contribution in [0.2, 0.25) is 0 Å². The second kappa shape index (κ2) is 5.68. The molecule has 0 unspecified atom stereocenters. The highest BCUT2D eigenvalue weighted by molar-refractivity contribution is 6.04. The molecular weight excluding hydrogens is 302 g/mol. The van der Waals surface area contributed by atoms with E-state index in [1.165, 1.54) is 18.2 Å². The largest absolute Gasteiger partial charge is 0.422 e. The molecule has 114 valence electrons. The van der Waals surface area contributed by atoms with Gasteiger partial charge in [0.1, 0.15) is 23.2 Å². The van der Waals surface area contributed by atoms with Gasteiger partial charge in [-0.3, -0.25) is 14.9 Å². The number of nitrogens with zero attached hydrogens (tertiary/aromatic N) is 2. The van der Waals surface area contributed by atoms with Crippen molar-refractivity contribution in [1.29, 1.82) is 0 Å². The third-order valence-corrected chi connectivity index (χ3v) is 3.09. The van der Waals surface area contributed by atoms with E-state index in [1.807, 2.05) is 0 Å². The van der Waals surface area contributed by atoms with E-state index in [2.05, 4.69) is 10.3 Å². The van der Waals surface area contributed by atoms with Crippen LogP contribution >= 0.6 is 0 Å². The molecule has 0 aliphatic heterocycles. The van der Waals surface area contributed by atoms with Crippen LogP contribution in [0.25, 0.3) is 11.0 Å². The average molecular weight is 311 g/mol. The Morgan fingerprint density at radius 2 is 2.00 bits per heavy atom. The minimum atomic E-state index is -0.775. The van der Waals surface area contributed by atoms with E-state index in [-0.39, 0.29) is 17.1 Å². The first-order chi connectivity index (χ1) is 11.0. The van der Waals surface area contributed by atoms with E-state index in [9.17, 15) is 19.7 Å². The molecule has 2 heterocycles. The molecule has 2 aromatic heterocycles. The highest BCUT2D eigenvalue weighted by atomic mass is 16.6. The maximum atomic E-state index is 12.2. The third kappa shape index (κ3) is 2.91. The van der Waals surface area contributed by atoms with Gasteiger partial charge in [-0.05, 0) is 18.2 Å². The van der Waals surface area contributed by atoms with Crippen LogP contribution in [-0.4, -0.2) is 15.8 Å². The topological polar surface area (TPSA) is 115 Å². The number of pyridine rings is 1. The Hall–Kier alpha value is -3.55. The zero-order valence-electron chi connectivity index (χ0n) is 11.6. The fourth-order valence-electron chi connectivity index (χ4n) is 1.97. The molecule has 8 nitrogen and oxygen atoms in total. The number of hydrogen-bond donors (Lipinski definition) is 1. The summed E-state index contributed by atoms with van der Waals surface area (Å²) in [5.74, 6) is -0.612. The summed E-state index contributed by atoms with van der Waals surface area (Å²) in [5.41, 5.74) is -0.775. The molecular formula is C15H9N3O5. The summed E-state index contributed by atoms with van der Waals surface area (Å²) in [5, 5.41) is 13.6. The third-order valence-electron chi connectivity index (χ3n) is 3.09. The number of carbonyl (C=O) groups is 1. The van der Waals surface area contributed by atoms with E-state index < -0.39 is 16.5 Å². The van der Waals surface area contributed by atoms with E-state index in [1.54, 1.807) is 24.3 Å². The van der Waals surface area contributed by atoms with Gasteiger partial charge in [0, 0.05) is 11.5 Å². The van der Waals surface area contributed by atoms with Crippen molar-refractivity contribution in [3.63, 3.8) is 0 Å². The SMILES string of the molecule is O=C(Nc1ccc([N+](=O)[O-])cn1)c1cc2ccccc2oc1=O. The molecule has 1 amide bonds. The molecule has 3 rings (SSSR count). The van der Waals surface area contributed by atoms with Crippen molar-refractivity contribution < 1.29 is 14.1 Å². The summed E-state index contributed by atoms with van der Waals surface area (Å²) in [4.78, 5) is 37.7. The van der Waals surface area contributed by atoms with Gasteiger partial charge in [0.05, 0.1) is 4.92 Å². The maximum Gasteiger partial charge on any atom is 0.349 e. The van der Waals surface area contributed by atoms with Crippen LogP contribution in [0.4, 0.5) is 11.5 Å². The predicted molar refractivity (Wildman–Crippen MR) is 81.3 cm³/mol. The van der Waals surface area contributed by atoms with Gasteiger partial charge in [-0.1, -0.05) is 18.2 Å². The fourth-order valence-corrected chi connectivity index (χ4v) is 1.97. The van der Waals surface area contributed by atoms with E-state index in [0.29, 0.717) is 11.0 Å². The van der Waals surface area contributed by atoms with Crippen molar-refractivity contribution in [3.05, 3.63) is 74.8 Å². The molecule has 0 fully saturated rings. The van der Waals surface area contributed by atoms with Gasteiger partial charge in [0.15, 0.2) is 0 Å². The van der Waals surface area contributed by atoms with Crippen LogP contribution in [0.3, 0.4) is 0 Å². The summed E-state index contributed by atoms with van der Waals surface area (Å²) in [6.07, 6.45) is 1.01. The van der Waals surface area contributed by atoms with Gasteiger partial charge in [0.2, 0.25) is 0 Å². The van der Waals surface area contributed by atoms with Crippen LogP contribution in [0.1, 0.15) is 10.4 Å². The number of aromatic nitrogens is 1. The maximum absolute atomic E-state index is 12.2. The molecule has 23 heavy (non-hydrogen) atoms. The Kier molecular flexibility index (Phi) is 3.55. The molecule has 1 aromatic carbocycles. The highest BCUT2D eigenvalue weighted by Gasteiger charge is 2.15. The van der Waals surface area contributed by atoms with E-state index in [4.69, 9.17) is 4.42 Å². The minimum Gasteiger partial charge on any atom is -0.422 e. The Labute approximate surface area is 128 Å². The summed E-state index contributed by atoms with van der Waals surface area (Å²) < 4.78 is 5.08. The predicted octanol–water partition coefficient (Wildman–Crippen LogP) is 2.35. The van der Waals surface area contributed by atoms with Crippen molar-refractivity contribution in [2.45, 2.75) is 0 Å². The molecule has 0 atom stereocenters. The summed E-state index contributed by atoms with van der Waals surface area (Å²) in [7, 11) is 0. The van der Waals surface area contributed by atoms with Gasteiger partial charge in [-0.15, -0.1) is 0 Å². The summed E-state index contributed by atoms with van der Waals surface area (Å²) >= 11 is 0. The molecule has 0 spiro atoms. The van der Waals surface area contributed by atoms with Gasteiger partial charge in [-0.2, -0.15) is 0 Å². The molecule has 3 aromatic rings. The number of nitro groups is 1. The number of carbonyl (C=O) groups excluding carboxylic acids is 1. The first kappa shape index (κ1) is 14.4. The van der Waals surface area contributed by atoms with Crippen molar-refractivity contribution >= 4 is 28.4 Å². The van der Waals surface area contributed by atoms with Gasteiger partial charge in [-0.25, -0.2) is 9.78 Å². The zero-order valence-corrected chi connectivity index (χ0v) is 11.6. The van der Waals surface area contributed by atoms with E-state index >= 15 is 0 Å². The standard InChI is InChI=1S/C15H9N3O5/c19-14(17-13-6-5-10(8-16-13)18(21)22)11-7-9-3-1-2-4-12(9)23-15(11)20/h1-8H,(H,16,17,19). The number of benzene rings is 1. The van der Waals surface area contributed by atoms with Crippen LogP contribution in [-0.2, 0) is 0 Å². The Bertz CT molecular complexity index is 963. The van der Waals surface area contributed by atoms with Crippen molar-refractivity contribution in [1.82, 2.24) is 4.98 Å². The zero-order chi connectivity index (χ0) is 16.4. The van der Waals surface area contributed by atoms with Gasteiger partial charge < -0.3 is 9.73 Å². The van der Waals surface area contributed by atoms with Crippen LogP contribution < -0.4 is 10.9 Å². The minimum absolute atomic E-state index is 0.0909. The number of amides is 1. The summed E-state index contributed by atoms with van der Waals surface area (Å²) in [6, 6.07) is 10.7. The van der Waals surface area contributed by atoms with Crippen molar-refractivity contribution in [2.24, 2.45) is 0 Å². The number of para-hydroxylation sites is 1.